The van der Waals surface area contributed by atoms with Gasteiger partial charge in [-0.3, -0.25) is 4.98 Å². The molecule has 3 rings (SSSR count). The van der Waals surface area contributed by atoms with Crippen molar-refractivity contribution in [3.63, 3.8) is 0 Å². The fourth-order valence-corrected chi connectivity index (χ4v) is 2.17. The number of ether oxygens (including phenoxy) is 1. The van der Waals surface area contributed by atoms with Crippen molar-refractivity contribution in [3.05, 3.63) is 77.5 Å². The van der Waals surface area contributed by atoms with Gasteiger partial charge in [-0.15, -0.1) is 0 Å². The standard InChI is InChI=1S/C17H12ClN3O2/c18-14-5-1-4-13(7-14)15-8-16(21-11-20-15)17(22)23-10-12-3-2-6-19-9-12/h1-9,11H,10H2. The third-order valence-electron chi connectivity index (χ3n) is 3.09. The van der Waals surface area contributed by atoms with Crippen LogP contribution in [0.15, 0.2) is 61.2 Å². The average Bonchev–Trinajstić information content (AvgIpc) is 2.61. The quantitative estimate of drug-likeness (QED) is 0.686. The summed E-state index contributed by atoms with van der Waals surface area (Å²) < 4.78 is 5.23. The van der Waals surface area contributed by atoms with Crippen LogP contribution in [0.5, 0.6) is 0 Å². The lowest BCUT2D eigenvalue weighted by Gasteiger charge is -2.06. The summed E-state index contributed by atoms with van der Waals surface area (Å²) in [6.07, 6.45) is 4.63. The number of carbonyl (C=O) groups excluding carboxylic acids is 1. The van der Waals surface area contributed by atoms with Crippen molar-refractivity contribution in [2.75, 3.05) is 0 Å². The molecule has 0 amide bonds. The monoisotopic (exact) mass is 325 g/mol. The Morgan fingerprint density at radius 1 is 1.13 bits per heavy atom. The van der Waals surface area contributed by atoms with E-state index in [9.17, 15) is 4.79 Å². The minimum Gasteiger partial charge on any atom is -0.456 e. The molecule has 0 aliphatic rings. The topological polar surface area (TPSA) is 65.0 Å². The van der Waals surface area contributed by atoms with E-state index in [1.165, 1.54) is 6.33 Å². The van der Waals surface area contributed by atoms with Crippen molar-refractivity contribution < 1.29 is 9.53 Å². The molecule has 5 nitrogen and oxygen atoms in total. The zero-order valence-electron chi connectivity index (χ0n) is 12.0. The molecule has 3 aromatic rings. The van der Waals surface area contributed by atoms with E-state index in [0.717, 1.165) is 11.1 Å². The molecule has 1 aromatic carbocycles. The van der Waals surface area contributed by atoms with Crippen LogP contribution >= 0.6 is 11.6 Å². The number of rotatable bonds is 4. The van der Waals surface area contributed by atoms with Crippen LogP contribution in [-0.2, 0) is 11.3 Å². The number of aromatic nitrogens is 3. The summed E-state index contributed by atoms with van der Waals surface area (Å²) >= 11 is 5.97. The Morgan fingerprint density at radius 2 is 2.04 bits per heavy atom. The van der Waals surface area contributed by atoms with E-state index < -0.39 is 5.97 Å². The SMILES string of the molecule is O=C(OCc1cccnc1)c1cc(-c2cccc(Cl)c2)ncn1. The minimum absolute atomic E-state index is 0.142. The van der Waals surface area contributed by atoms with Crippen molar-refractivity contribution in [1.82, 2.24) is 15.0 Å². The highest BCUT2D eigenvalue weighted by molar-refractivity contribution is 6.30. The zero-order chi connectivity index (χ0) is 16.1. The summed E-state index contributed by atoms with van der Waals surface area (Å²) in [5.41, 5.74) is 2.42. The van der Waals surface area contributed by atoms with Gasteiger partial charge < -0.3 is 4.74 Å². The summed E-state index contributed by atoms with van der Waals surface area (Å²) in [6.45, 7) is 0.142. The van der Waals surface area contributed by atoms with Gasteiger partial charge in [-0.05, 0) is 24.3 Å². The van der Waals surface area contributed by atoms with E-state index in [4.69, 9.17) is 16.3 Å². The molecule has 0 aliphatic carbocycles. The predicted octanol–water partition coefficient (Wildman–Crippen LogP) is 3.55. The number of nitrogens with zero attached hydrogens (tertiary/aromatic N) is 3. The summed E-state index contributed by atoms with van der Waals surface area (Å²) in [4.78, 5) is 24.2. The lowest BCUT2D eigenvalue weighted by Crippen LogP contribution is -2.08. The largest absolute Gasteiger partial charge is 0.456 e. The Morgan fingerprint density at radius 3 is 2.83 bits per heavy atom. The lowest BCUT2D eigenvalue weighted by molar-refractivity contribution is 0.0465. The van der Waals surface area contributed by atoms with E-state index in [1.807, 2.05) is 18.2 Å². The molecule has 2 aromatic heterocycles. The molecule has 0 atom stereocenters. The van der Waals surface area contributed by atoms with Crippen LogP contribution < -0.4 is 0 Å². The molecule has 0 unspecified atom stereocenters. The van der Waals surface area contributed by atoms with Crippen LogP contribution in [0.1, 0.15) is 16.1 Å². The Kier molecular flexibility index (Phi) is 4.59. The third-order valence-corrected chi connectivity index (χ3v) is 3.32. The number of carbonyl (C=O) groups is 1. The van der Waals surface area contributed by atoms with E-state index in [-0.39, 0.29) is 12.3 Å². The van der Waals surface area contributed by atoms with Crippen molar-refractivity contribution in [2.45, 2.75) is 6.61 Å². The van der Waals surface area contributed by atoms with Crippen LogP contribution in [0.2, 0.25) is 5.02 Å². The molecular weight excluding hydrogens is 314 g/mol. The van der Waals surface area contributed by atoms with Crippen LogP contribution in [0, 0.1) is 0 Å². The molecule has 23 heavy (non-hydrogen) atoms. The number of halogens is 1. The molecule has 0 bridgehead atoms. The highest BCUT2D eigenvalue weighted by atomic mass is 35.5. The molecule has 2 heterocycles. The van der Waals surface area contributed by atoms with Gasteiger partial charge in [-0.2, -0.15) is 0 Å². The Labute approximate surface area is 138 Å². The number of esters is 1. The van der Waals surface area contributed by atoms with Gasteiger partial charge in [0.15, 0.2) is 5.69 Å². The van der Waals surface area contributed by atoms with Gasteiger partial charge in [0.1, 0.15) is 12.9 Å². The van der Waals surface area contributed by atoms with Crippen molar-refractivity contribution in [1.29, 1.82) is 0 Å². The smallest absolute Gasteiger partial charge is 0.357 e. The van der Waals surface area contributed by atoms with E-state index >= 15 is 0 Å². The summed E-state index contributed by atoms with van der Waals surface area (Å²) in [6, 6.07) is 12.4. The molecule has 0 radical (unpaired) electrons. The van der Waals surface area contributed by atoms with Gasteiger partial charge in [0.05, 0.1) is 5.69 Å². The number of hydrogen-bond acceptors (Lipinski definition) is 5. The molecule has 0 fully saturated rings. The van der Waals surface area contributed by atoms with Crippen molar-refractivity contribution >= 4 is 17.6 Å². The van der Waals surface area contributed by atoms with Gasteiger partial charge in [0.2, 0.25) is 0 Å². The molecule has 0 spiro atoms. The molecule has 0 saturated heterocycles. The second-order valence-corrected chi connectivity index (χ2v) is 5.17. The highest BCUT2D eigenvalue weighted by Crippen LogP contribution is 2.21. The number of pyridine rings is 1. The molecule has 0 N–H and O–H groups in total. The molecule has 6 heteroatoms. The first kappa shape index (κ1) is 15.1. The van der Waals surface area contributed by atoms with Gasteiger partial charge >= 0.3 is 5.97 Å². The highest BCUT2D eigenvalue weighted by Gasteiger charge is 2.11. The van der Waals surface area contributed by atoms with Crippen molar-refractivity contribution in [3.8, 4) is 11.3 Å². The molecule has 114 valence electrons. The summed E-state index contributed by atoms with van der Waals surface area (Å²) in [7, 11) is 0. The fraction of sp³-hybridized carbons (Fsp3) is 0.0588. The van der Waals surface area contributed by atoms with Crippen LogP contribution in [-0.4, -0.2) is 20.9 Å². The zero-order valence-corrected chi connectivity index (χ0v) is 12.8. The normalized spacial score (nSPS) is 10.3. The van der Waals surface area contributed by atoms with E-state index in [2.05, 4.69) is 15.0 Å². The third kappa shape index (κ3) is 3.90. The Hall–Kier alpha value is -2.79. The lowest BCUT2D eigenvalue weighted by atomic mass is 10.1. The number of benzene rings is 1. The molecular formula is C17H12ClN3O2. The molecule has 0 aliphatic heterocycles. The maximum absolute atomic E-state index is 12.1. The first-order chi connectivity index (χ1) is 11.2. The number of hydrogen-bond donors (Lipinski definition) is 0. The second kappa shape index (κ2) is 6.98. The van der Waals surface area contributed by atoms with E-state index in [0.29, 0.717) is 10.7 Å². The van der Waals surface area contributed by atoms with E-state index in [1.54, 1.807) is 36.7 Å². The summed E-state index contributed by atoms with van der Waals surface area (Å²) in [5.74, 6) is -0.514. The van der Waals surface area contributed by atoms with Crippen LogP contribution in [0.25, 0.3) is 11.3 Å². The maximum Gasteiger partial charge on any atom is 0.357 e. The van der Waals surface area contributed by atoms with Crippen LogP contribution in [0.3, 0.4) is 0 Å². The first-order valence-corrected chi connectivity index (χ1v) is 7.24. The maximum atomic E-state index is 12.1. The Balaban J connectivity index is 1.75. The average molecular weight is 326 g/mol. The fourth-order valence-electron chi connectivity index (χ4n) is 1.98. The Bertz CT molecular complexity index is 825. The van der Waals surface area contributed by atoms with Gasteiger partial charge in [0.25, 0.3) is 0 Å². The van der Waals surface area contributed by atoms with Gasteiger partial charge in [-0.1, -0.05) is 29.8 Å². The first-order valence-electron chi connectivity index (χ1n) is 6.86. The van der Waals surface area contributed by atoms with Crippen molar-refractivity contribution in [2.24, 2.45) is 0 Å². The second-order valence-electron chi connectivity index (χ2n) is 4.74. The summed E-state index contributed by atoms with van der Waals surface area (Å²) in [5, 5.41) is 0.599. The van der Waals surface area contributed by atoms with Gasteiger partial charge in [0, 0.05) is 28.5 Å². The van der Waals surface area contributed by atoms with Crippen LogP contribution in [0.4, 0.5) is 0 Å². The molecule has 0 saturated carbocycles. The van der Waals surface area contributed by atoms with Gasteiger partial charge in [-0.25, -0.2) is 14.8 Å². The minimum atomic E-state index is -0.514. The predicted molar refractivity (Wildman–Crippen MR) is 85.8 cm³/mol.